The number of fused-ring (bicyclic) bond motifs is 1. The number of ketones is 1. The molecule has 0 saturated carbocycles. The first kappa shape index (κ1) is 18.2. The Labute approximate surface area is 171 Å². The number of Topliss-reactive ketones (excluding diaryl/α,β-unsaturated/α-hetero) is 1. The van der Waals surface area contributed by atoms with Gasteiger partial charge in [0.05, 0.1) is 4.91 Å². The van der Waals surface area contributed by atoms with Crippen LogP contribution in [0.25, 0.3) is 6.08 Å². The predicted molar refractivity (Wildman–Crippen MR) is 112 cm³/mol. The topological polar surface area (TPSA) is 26.3 Å². The number of benzene rings is 3. The average Bonchev–Trinajstić information content (AvgIpc) is 2.97. The monoisotopic (exact) mass is 412 g/mol. The van der Waals surface area contributed by atoms with Crippen molar-refractivity contribution in [3.8, 4) is 5.75 Å². The Morgan fingerprint density at radius 3 is 2.63 bits per heavy atom. The molecule has 0 atom stereocenters. The first-order valence-electron chi connectivity index (χ1n) is 8.30. The minimum absolute atomic E-state index is 0.0647. The summed E-state index contributed by atoms with van der Waals surface area (Å²) in [7, 11) is 0. The number of rotatable bonds is 4. The van der Waals surface area contributed by atoms with Gasteiger partial charge in [-0.15, -0.1) is 0 Å². The van der Waals surface area contributed by atoms with Crippen LogP contribution in [0.15, 0.2) is 76.5 Å². The summed E-state index contributed by atoms with van der Waals surface area (Å²) in [6.07, 6.45) is 1.90. The molecule has 1 heterocycles. The molecule has 0 fully saturated rings. The maximum atomic E-state index is 12.5. The molecule has 2 nitrogen and oxygen atoms in total. The second-order valence-corrected chi connectivity index (χ2v) is 7.96. The Hall–Kier alpha value is -2.20. The van der Waals surface area contributed by atoms with E-state index < -0.39 is 0 Å². The molecule has 0 aliphatic carbocycles. The van der Waals surface area contributed by atoms with Crippen LogP contribution in [0.1, 0.15) is 21.5 Å². The largest absolute Gasteiger partial charge is 0.489 e. The molecule has 0 N–H and O–H groups in total. The van der Waals surface area contributed by atoms with Crippen molar-refractivity contribution in [1.29, 1.82) is 0 Å². The predicted octanol–water partition coefficient (Wildman–Crippen LogP) is 6.90. The number of halogens is 2. The molecule has 0 amide bonds. The molecule has 1 aliphatic heterocycles. The highest BCUT2D eigenvalue weighted by Crippen LogP contribution is 2.40. The third-order valence-electron chi connectivity index (χ3n) is 4.14. The second-order valence-electron chi connectivity index (χ2n) is 6.03. The number of hydrogen-bond donors (Lipinski definition) is 0. The third-order valence-corrected chi connectivity index (χ3v) is 5.83. The summed E-state index contributed by atoms with van der Waals surface area (Å²) >= 11 is 13.6. The molecular formula is C22H14Cl2O2S. The van der Waals surface area contributed by atoms with Gasteiger partial charge >= 0.3 is 0 Å². The number of carbonyl (C=O) groups excluding carboxylic acids is 1. The smallest absolute Gasteiger partial charge is 0.200 e. The summed E-state index contributed by atoms with van der Waals surface area (Å²) in [5.41, 5.74) is 2.54. The standard InChI is InChI=1S/C22H14Cl2O2S/c23-16-9-8-15(19(24)12-16)13-26-17-5-3-4-14(10-17)11-21-22(25)18-6-1-2-7-20(18)27-21/h1-12H,13H2. The lowest BCUT2D eigenvalue weighted by Crippen LogP contribution is -1.97. The number of carbonyl (C=O) groups is 1. The van der Waals surface area contributed by atoms with Crippen LogP contribution in [0.2, 0.25) is 10.0 Å². The van der Waals surface area contributed by atoms with Gasteiger partial charge in [0.1, 0.15) is 12.4 Å². The lowest BCUT2D eigenvalue weighted by molar-refractivity contribution is 0.104. The summed E-state index contributed by atoms with van der Waals surface area (Å²) in [6, 6.07) is 20.6. The van der Waals surface area contributed by atoms with Crippen molar-refractivity contribution in [1.82, 2.24) is 0 Å². The van der Waals surface area contributed by atoms with Crippen LogP contribution in [0.4, 0.5) is 0 Å². The van der Waals surface area contributed by atoms with Gasteiger partial charge in [-0.05, 0) is 48.0 Å². The van der Waals surface area contributed by atoms with E-state index in [2.05, 4.69) is 0 Å². The second kappa shape index (κ2) is 7.81. The van der Waals surface area contributed by atoms with Crippen molar-refractivity contribution in [3.63, 3.8) is 0 Å². The zero-order valence-corrected chi connectivity index (χ0v) is 16.4. The fraction of sp³-hybridized carbons (Fsp3) is 0.0455. The Morgan fingerprint density at radius 2 is 1.81 bits per heavy atom. The highest BCUT2D eigenvalue weighted by molar-refractivity contribution is 8.04. The molecule has 0 spiro atoms. The van der Waals surface area contributed by atoms with Gasteiger partial charge in [-0.2, -0.15) is 0 Å². The molecule has 5 heteroatoms. The van der Waals surface area contributed by atoms with Crippen LogP contribution in [-0.2, 0) is 6.61 Å². The van der Waals surface area contributed by atoms with Crippen LogP contribution in [0.3, 0.4) is 0 Å². The van der Waals surface area contributed by atoms with E-state index in [0.29, 0.717) is 27.3 Å². The SMILES string of the molecule is O=C1C(=Cc2cccc(OCc3ccc(Cl)cc3Cl)c2)Sc2ccccc21. The van der Waals surface area contributed by atoms with Crippen molar-refractivity contribution >= 4 is 46.8 Å². The molecule has 3 aromatic carbocycles. The number of allylic oxidation sites excluding steroid dienone is 1. The fourth-order valence-corrected chi connectivity index (χ4v) is 4.30. The molecule has 27 heavy (non-hydrogen) atoms. The first-order valence-corrected chi connectivity index (χ1v) is 9.87. The normalized spacial score (nSPS) is 14.4. The van der Waals surface area contributed by atoms with Crippen LogP contribution in [0.5, 0.6) is 5.75 Å². The first-order chi connectivity index (χ1) is 13.1. The quantitative estimate of drug-likeness (QED) is 0.435. The number of ether oxygens (including phenoxy) is 1. The van der Waals surface area contributed by atoms with Crippen molar-refractivity contribution in [2.24, 2.45) is 0 Å². The number of thioether (sulfide) groups is 1. The summed E-state index contributed by atoms with van der Waals surface area (Å²) < 4.78 is 5.86. The molecule has 0 radical (unpaired) electrons. The Kier molecular flexibility index (Phi) is 5.26. The molecule has 3 aromatic rings. The Morgan fingerprint density at radius 1 is 0.963 bits per heavy atom. The third kappa shape index (κ3) is 4.06. The van der Waals surface area contributed by atoms with Crippen molar-refractivity contribution in [3.05, 3.63) is 98.4 Å². The number of hydrogen-bond acceptors (Lipinski definition) is 3. The molecule has 4 rings (SSSR count). The van der Waals surface area contributed by atoms with Gasteiger partial charge in [0, 0.05) is 26.1 Å². The minimum Gasteiger partial charge on any atom is -0.489 e. The van der Waals surface area contributed by atoms with E-state index in [1.807, 2.05) is 60.7 Å². The highest BCUT2D eigenvalue weighted by atomic mass is 35.5. The van der Waals surface area contributed by atoms with Crippen LogP contribution >= 0.6 is 35.0 Å². The van der Waals surface area contributed by atoms with E-state index in [1.165, 1.54) is 11.8 Å². The van der Waals surface area contributed by atoms with Gasteiger partial charge in [0.25, 0.3) is 0 Å². The highest BCUT2D eigenvalue weighted by Gasteiger charge is 2.25. The maximum absolute atomic E-state index is 12.5. The molecular weight excluding hydrogens is 399 g/mol. The van der Waals surface area contributed by atoms with Gasteiger partial charge < -0.3 is 4.74 Å². The Bertz CT molecular complexity index is 1060. The molecule has 0 aromatic heterocycles. The lowest BCUT2D eigenvalue weighted by atomic mass is 10.1. The Balaban J connectivity index is 1.51. The van der Waals surface area contributed by atoms with E-state index in [4.69, 9.17) is 27.9 Å². The lowest BCUT2D eigenvalue weighted by Gasteiger charge is -2.09. The summed E-state index contributed by atoms with van der Waals surface area (Å²) in [6.45, 7) is 0.342. The molecule has 1 aliphatic rings. The van der Waals surface area contributed by atoms with E-state index in [0.717, 1.165) is 21.6 Å². The van der Waals surface area contributed by atoms with Crippen molar-refractivity contribution < 1.29 is 9.53 Å². The van der Waals surface area contributed by atoms with E-state index >= 15 is 0 Å². The van der Waals surface area contributed by atoms with Gasteiger partial charge in [-0.3, -0.25) is 4.79 Å². The summed E-state index contributed by atoms with van der Waals surface area (Å²) in [5.74, 6) is 0.776. The zero-order valence-electron chi connectivity index (χ0n) is 14.1. The summed E-state index contributed by atoms with van der Waals surface area (Å²) in [5, 5.41) is 1.17. The van der Waals surface area contributed by atoms with Gasteiger partial charge in [-0.25, -0.2) is 0 Å². The van der Waals surface area contributed by atoms with Gasteiger partial charge in [0.15, 0.2) is 0 Å². The molecule has 134 valence electrons. The maximum Gasteiger partial charge on any atom is 0.200 e. The van der Waals surface area contributed by atoms with Crippen LogP contribution in [-0.4, -0.2) is 5.78 Å². The van der Waals surface area contributed by atoms with Crippen LogP contribution in [0, 0.1) is 0 Å². The molecule has 0 bridgehead atoms. The van der Waals surface area contributed by atoms with Crippen LogP contribution < -0.4 is 4.74 Å². The fourth-order valence-electron chi connectivity index (χ4n) is 2.78. The van der Waals surface area contributed by atoms with Crippen molar-refractivity contribution in [2.75, 3.05) is 0 Å². The van der Waals surface area contributed by atoms with Crippen molar-refractivity contribution in [2.45, 2.75) is 11.5 Å². The van der Waals surface area contributed by atoms with E-state index in [9.17, 15) is 4.79 Å². The zero-order chi connectivity index (χ0) is 18.8. The summed E-state index contributed by atoms with van der Waals surface area (Å²) in [4.78, 5) is 14.2. The van der Waals surface area contributed by atoms with Gasteiger partial charge in [-0.1, -0.05) is 65.3 Å². The van der Waals surface area contributed by atoms with Gasteiger partial charge in [0.2, 0.25) is 5.78 Å². The van der Waals surface area contributed by atoms with E-state index in [-0.39, 0.29) is 5.78 Å². The minimum atomic E-state index is 0.0647. The molecule has 0 unspecified atom stereocenters. The van der Waals surface area contributed by atoms with E-state index in [1.54, 1.807) is 12.1 Å². The molecule has 0 saturated heterocycles. The average molecular weight is 413 g/mol.